The molecule has 490 valence electrons. The first-order chi connectivity index (χ1) is 40.2. The van der Waals surface area contributed by atoms with E-state index in [9.17, 15) is 103 Å². The third-order valence-electron chi connectivity index (χ3n) is 13.4. The molecule has 36 heteroatoms. The van der Waals surface area contributed by atoms with Crippen LogP contribution in [0, 0.1) is 0 Å². The van der Waals surface area contributed by atoms with Gasteiger partial charge in [0.05, 0.1) is 44.5 Å². The zero-order chi connectivity index (χ0) is 65.4. The molecule has 86 heavy (non-hydrogen) atoms. The summed E-state index contributed by atoms with van der Waals surface area (Å²) in [4.78, 5) is 151. The predicted molar refractivity (Wildman–Crippen MR) is 288 cm³/mol. The van der Waals surface area contributed by atoms with Gasteiger partial charge in [0.1, 0.15) is 91.0 Å². The summed E-state index contributed by atoms with van der Waals surface area (Å²) in [5.41, 5.74) is 0. The van der Waals surface area contributed by atoms with Crippen molar-refractivity contribution in [2.45, 2.75) is 216 Å². The Balaban J connectivity index is 2.09. The fourth-order valence-corrected chi connectivity index (χ4v) is 8.65. The van der Waals surface area contributed by atoms with E-state index in [2.05, 4.69) is 53.2 Å². The lowest BCUT2D eigenvalue weighted by Crippen LogP contribution is -2.69. The number of carboxylic acid groups (broad SMARTS) is 3. The average Bonchev–Trinajstić information content (AvgIpc) is 1.17. The Morgan fingerprint density at radius 2 is 1.10 bits per heavy atom. The Bertz CT molecular complexity index is 2340. The zero-order valence-corrected chi connectivity index (χ0v) is 48.6. The third kappa shape index (κ3) is 24.1. The second kappa shape index (κ2) is 36.3. The van der Waals surface area contributed by atoms with Gasteiger partial charge in [0, 0.05) is 26.8 Å². The van der Waals surface area contributed by atoms with E-state index in [-0.39, 0.29) is 25.8 Å². The van der Waals surface area contributed by atoms with Crippen LogP contribution in [0.3, 0.4) is 0 Å². The van der Waals surface area contributed by atoms with Crippen molar-refractivity contribution >= 4 is 71.1 Å². The lowest BCUT2D eigenvalue weighted by atomic mass is 9.94. The van der Waals surface area contributed by atoms with Crippen LogP contribution >= 0.6 is 0 Å². The van der Waals surface area contributed by atoms with Crippen LogP contribution in [0.4, 0.5) is 0 Å². The van der Waals surface area contributed by atoms with Crippen molar-refractivity contribution in [3.63, 3.8) is 0 Å². The van der Waals surface area contributed by atoms with Crippen LogP contribution in [-0.4, -0.2) is 270 Å². The smallest absolute Gasteiger partial charge is 0.326 e. The first-order valence-corrected chi connectivity index (χ1v) is 27.4. The van der Waals surface area contributed by atoms with Gasteiger partial charge in [-0.3, -0.25) is 58.1 Å². The molecule has 2 heterocycles. The molecule has 2 fully saturated rings. The van der Waals surface area contributed by atoms with Gasteiger partial charge in [-0.15, -0.1) is 0 Å². The number of carbonyl (C=O) groups excluding carboxylic acids is 9. The van der Waals surface area contributed by atoms with Crippen LogP contribution < -0.4 is 53.2 Å². The van der Waals surface area contributed by atoms with Gasteiger partial charge in [0.2, 0.25) is 53.2 Å². The molecule has 0 aliphatic carbocycles. The number of carboxylic acids is 3. The van der Waals surface area contributed by atoms with Crippen molar-refractivity contribution in [1.82, 2.24) is 53.2 Å². The molecule has 0 aromatic rings. The number of nitrogens with one attached hydrogen (secondary N) is 10. The molecule has 2 unspecified atom stereocenters. The fraction of sp³-hybridized carbons (Fsp3) is 0.760. The summed E-state index contributed by atoms with van der Waals surface area (Å²) in [5.74, 6) is -12.3. The largest absolute Gasteiger partial charge is 0.480 e. The van der Waals surface area contributed by atoms with E-state index < -0.39 is 232 Å². The third-order valence-corrected chi connectivity index (χ3v) is 13.4. The molecule has 2 aliphatic heterocycles. The number of carbonyl (C=O) groups is 12. The summed E-state index contributed by atoms with van der Waals surface area (Å²) in [6, 6.07) is -14.6. The average molecular weight is 1240 g/mol. The van der Waals surface area contributed by atoms with Gasteiger partial charge >= 0.3 is 17.9 Å². The van der Waals surface area contributed by atoms with E-state index in [1.54, 1.807) is 0 Å². The standard InChI is InChI=1S/C50H84N10O26/c1-19(83-40-36(57-26(8)66)49(82)84-31(18-63)39(40)86-50-35(56-25(7)65)38(70)37(69)30(17-62)85-50)15-33(68)53-21(3)41(71)59-28(48(80)81)12-13-32(67)58-27(44(74)54-22(4)46(76)77)11-9-10-14-51-43(73)29(16-61)52-20(2)42(72)60-34(24(6)64)45(75)55-23(5)47(78)79/h19-24,27-31,34-40,49-50,52,61-64,69-70,82H,9-18H2,1-8H3,(H,51,73)(H,53,68)(H,54,74)(H,55,75)(H,56,65)(H,57,66)(H,58,67)(H,59,71)(H,60,72)(H,76,77)(H,78,79)(H,80,81)/t19?,20-,21-,22+,23-,24?,27+,28-,29-,30-,31-,34+,35-,36-,37-,38-,39-,40-,49+,50+/m1/s1. The molecule has 0 bridgehead atoms. The van der Waals surface area contributed by atoms with Gasteiger partial charge in [0.15, 0.2) is 12.6 Å². The van der Waals surface area contributed by atoms with Crippen molar-refractivity contribution in [2.24, 2.45) is 0 Å². The van der Waals surface area contributed by atoms with Crippen LogP contribution in [0.25, 0.3) is 0 Å². The van der Waals surface area contributed by atoms with Gasteiger partial charge in [-0.1, -0.05) is 0 Å². The Morgan fingerprint density at radius 1 is 0.535 bits per heavy atom. The van der Waals surface area contributed by atoms with Crippen molar-refractivity contribution in [2.75, 3.05) is 26.4 Å². The molecule has 2 aliphatic rings. The number of aliphatic hydroxyl groups is 7. The van der Waals surface area contributed by atoms with Crippen molar-refractivity contribution in [3.05, 3.63) is 0 Å². The summed E-state index contributed by atoms with van der Waals surface area (Å²) in [5, 5.41) is 124. The maximum Gasteiger partial charge on any atom is 0.326 e. The van der Waals surface area contributed by atoms with Crippen LogP contribution in [-0.2, 0) is 76.5 Å². The minimum Gasteiger partial charge on any atom is -0.480 e. The molecule has 0 saturated carbocycles. The van der Waals surface area contributed by atoms with Gasteiger partial charge in [-0.05, 0) is 67.2 Å². The van der Waals surface area contributed by atoms with Crippen molar-refractivity contribution < 1.29 is 128 Å². The molecule has 2 rings (SSSR count). The molecule has 20 atom stereocenters. The molecule has 0 aromatic heterocycles. The second-order valence-corrected chi connectivity index (χ2v) is 20.7. The molecule has 9 amide bonds. The van der Waals surface area contributed by atoms with E-state index in [1.807, 2.05) is 0 Å². The number of aliphatic hydroxyl groups excluding tert-OH is 7. The number of amides is 9. The van der Waals surface area contributed by atoms with Gasteiger partial charge in [-0.25, -0.2) is 4.79 Å². The lowest BCUT2D eigenvalue weighted by Gasteiger charge is -2.48. The number of hydrogen-bond donors (Lipinski definition) is 20. The summed E-state index contributed by atoms with van der Waals surface area (Å²) >= 11 is 0. The highest BCUT2D eigenvalue weighted by Gasteiger charge is 2.53. The summed E-state index contributed by atoms with van der Waals surface area (Å²) < 4.78 is 23.4. The van der Waals surface area contributed by atoms with Crippen molar-refractivity contribution in [1.29, 1.82) is 0 Å². The minimum atomic E-state index is -1.87. The molecule has 0 spiro atoms. The molecular formula is C50H84N10O26. The van der Waals surface area contributed by atoms with Crippen LogP contribution in [0.5, 0.6) is 0 Å². The maximum absolute atomic E-state index is 13.3. The highest BCUT2D eigenvalue weighted by Crippen LogP contribution is 2.31. The Kier molecular flexibility index (Phi) is 31.8. The number of hydrogen-bond acceptors (Lipinski definition) is 24. The summed E-state index contributed by atoms with van der Waals surface area (Å²) in [7, 11) is 0. The van der Waals surface area contributed by atoms with E-state index in [1.165, 1.54) is 27.7 Å². The second-order valence-electron chi connectivity index (χ2n) is 20.7. The number of aliphatic carboxylic acids is 3. The quantitative estimate of drug-likeness (QED) is 0.0259. The Morgan fingerprint density at radius 3 is 1.64 bits per heavy atom. The molecule has 36 nitrogen and oxygen atoms in total. The van der Waals surface area contributed by atoms with E-state index in [0.717, 1.165) is 27.7 Å². The first-order valence-electron chi connectivity index (χ1n) is 27.4. The Hall–Kier alpha value is -6.84. The number of rotatable bonds is 36. The summed E-state index contributed by atoms with van der Waals surface area (Å²) in [6.45, 7) is 6.85. The predicted octanol–water partition coefficient (Wildman–Crippen LogP) is -9.30. The fourth-order valence-electron chi connectivity index (χ4n) is 8.65. The Labute approximate surface area is 492 Å². The minimum absolute atomic E-state index is 0.0825. The number of unbranched alkanes of at least 4 members (excludes halogenated alkanes) is 1. The van der Waals surface area contributed by atoms with E-state index in [4.69, 9.17) is 24.1 Å². The molecular weight excluding hydrogens is 1160 g/mol. The van der Waals surface area contributed by atoms with Gasteiger partial charge < -0.3 is 118 Å². The topological polar surface area (TPSA) is 564 Å². The monoisotopic (exact) mass is 1240 g/mol. The van der Waals surface area contributed by atoms with Crippen LogP contribution in [0.2, 0.25) is 0 Å². The molecule has 20 N–H and O–H groups in total. The van der Waals surface area contributed by atoms with E-state index in [0.29, 0.717) is 0 Å². The van der Waals surface area contributed by atoms with Gasteiger partial charge in [0.25, 0.3) is 0 Å². The first kappa shape index (κ1) is 75.3. The van der Waals surface area contributed by atoms with Crippen LogP contribution in [0.15, 0.2) is 0 Å². The van der Waals surface area contributed by atoms with Crippen LogP contribution in [0.1, 0.15) is 93.9 Å². The maximum atomic E-state index is 13.3. The molecule has 2 saturated heterocycles. The highest BCUT2D eigenvalue weighted by atomic mass is 16.7. The molecule has 0 aromatic carbocycles. The van der Waals surface area contributed by atoms with E-state index >= 15 is 0 Å². The normalized spacial score (nSPS) is 25.4. The lowest BCUT2D eigenvalue weighted by molar-refractivity contribution is -0.334. The zero-order valence-electron chi connectivity index (χ0n) is 48.6. The number of ether oxygens (including phenoxy) is 4. The van der Waals surface area contributed by atoms with Gasteiger partial charge in [-0.2, -0.15) is 0 Å². The summed E-state index contributed by atoms with van der Waals surface area (Å²) in [6.07, 6.45) is -17.5. The van der Waals surface area contributed by atoms with Crippen molar-refractivity contribution in [3.8, 4) is 0 Å². The SMILES string of the molecule is CC(=O)N[C@@H]1[C@@H](OC(C)CC(=O)N[C@H](C)C(=O)N[C@H](CCC(=O)N[C@@H](CCCCNC(=O)[C@@H](CO)N[C@H](C)C(=O)N[C@H](C(=O)N[C@H](C)C(=O)O)C(C)O)C(=O)N[C@@H](C)C(=O)O)C(=O)O)[C@H](O[C@@H]2O[C@H](CO)[C@@H](O)[C@H](O)[C@H]2NC(C)=O)[C@@H](CO)O[C@@H]1O. The highest BCUT2D eigenvalue weighted by molar-refractivity contribution is 5.93. The molecule has 0 radical (unpaired) electrons.